The van der Waals surface area contributed by atoms with Crippen molar-refractivity contribution in [3.05, 3.63) is 34.4 Å². The molecule has 1 aromatic carbocycles. The zero-order valence-corrected chi connectivity index (χ0v) is 10.4. The van der Waals surface area contributed by atoms with Crippen LogP contribution in [0.5, 0.6) is 0 Å². The van der Waals surface area contributed by atoms with Gasteiger partial charge in [-0.2, -0.15) is 0 Å². The summed E-state index contributed by atoms with van der Waals surface area (Å²) in [5, 5.41) is 3.66. The SMILES string of the molecule is Cc1cc2c(cc1C)C(C)(C)N[C@@H](C)C2. The minimum Gasteiger partial charge on any atom is -0.305 e. The fraction of sp³-hybridized carbons (Fsp3) is 0.571. The van der Waals surface area contributed by atoms with E-state index in [1.165, 1.54) is 22.3 Å². The van der Waals surface area contributed by atoms with Gasteiger partial charge in [0.25, 0.3) is 0 Å². The molecule has 1 heterocycles. The first-order chi connectivity index (χ1) is 6.90. The number of hydrogen-bond acceptors (Lipinski definition) is 1. The summed E-state index contributed by atoms with van der Waals surface area (Å²) in [5.74, 6) is 0. The van der Waals surface area contributed by atoms with Crippen LogP contribution < -0.4 is 5.32 Å². The monoisotopic (exact) mass is 203 g/mol. The summed E-state index contributed by atoms with van der Waals surface area (Å²) >= 11 is 0. The standard InChI is InChI=1S/C14H21N/c1-9-6-12-8-11(3)15-14(4,5)13(12)7-10(9)2/h6-7,11,15H,8H2,1-5H3/t11-/m0/s1. The maximum absolute atomic E-state index is 3.66. The molecule has 1 heteroatoms. The Balaban J connectivity index is 2.58. The van der Waals surface area contributed by atoms with Crippen LogP contribution in [0.2, 0.25) is 0 Å². The van der Waals surface area contributed by atoms with Crippen molar-refractivity contribution in [2.24, 2.45) is 0 Å². The third kappa shape index (κ3) is 1.81. The topological polar surface area (TPSA) is 12.0 Å². The van der Waals surface area contributed by atoms with E-state index in [9.17, 15) is 0 Å². The molecule has 1 aromatic rings. The van der Waals surface area contributed by atoms with Crippen molar-refractivity contribution in [3.8, 4) is 0 Å². The summed E-state index contributed by atoms with van der Waals surface area (Å²) in [5.41, 5.74) is 5.93. The Morgan fingerprint density at radius 1 is 1.20 bits per heavy atom. The van der Waals surface area contributed by atoms with E-state index in [1.807, 2.05) is 0 Å². The first kappa shape index (κ1) is 10.7. The molecule has 1 N–H and O–H groups in total. The number of nitrogens with one attached hydrogen (secondary N) is 1. The van der Waals surface area contributed by atoms with Crippen molar-refractivity contribution in [1.82, 2.24) is 5.32 Å². The number of rotatable bonds is 0. The van der Waals surface area contributed by atoms with Crippen molar-refractivity contribution >= 4 is 0 Å². The van der Waals surface area contributed by atoms with Crippen molar-refractivity contribution in [1.29, 1.82) is 0 Å². The molecule has 2 rings (SSSR count). The summed E-state index contributed by atoms with van der Waals surface area (Å²) in [4.78, 5) is 0. The molecular weight excluding hydrogens is 182 g/mol. The predicted molar refractivity (Wildman–Crippen MR) is 65.2 cm³/mol. The van der Waals surface area contributed by atoms with Gasteiger partial charge in [-0.15, -0.1) is 0 Å². The molecule has 0 amide bonds. The summed E-state index contributed by atoms with van der Waals surface area (Å²) < 4.78 is 0. The maximum atomic E-state index is 3.66. The van der Waals surface area contributed by atoms with E-state index in [4.69, 9.17) is 0 Å². The van der Waals surface area contributed by atoms with Gasteiger partial charge in [-0.1, -0.05) is 12.1 Å². The Kier molecular flexibility index (Phi) is 2.38. The van der Waals surface area contributed by atoms with Crippen LogP contribution in [-0.4, -0.2) is 6.04 Å². The van der Waals surface area contributed by atoms with Gasteiger partial charge in [0.05, 0.1) is 0 Å². The minimum absolute atomic E-state index is 0.117. The van der Waals surface area contributed by atoms with Crippen LogP contribution >= 0.6 is 0 Å². The van der Waals surface area contributed by atoms with E-state index in [2.05, 4.69) is 52.1 Å². The van der Waals surface area contributed by atoms with E-state index in [1.54, 1.807) is 0 Å². The normalized spacial score (nSPS) is 23.7. The van der Waals surface area contributed by atoms with Crippen LogP contribution in [0.1, 0.15) is 43.0 Å². The van der Waals surface area contributed by atoms with Crippen LogP contribution in [0.15, 0.2) is 12.1 Å². The lowest BCUT2D eigenvalue weighted by atomic mass is 9.81. The molecule has 0 unspecified atom stereocenters. The summed E-state index contributed by atoms with van der Waals surface area (Å²) in [6, 6.07) is 5.29. The number of fused-ring (bicyclic) bond motifs is 1. The molecule has 0 bridgehead atoms. The lowest BCUT2D eigenvalue weighted by molar-refractivity contribution is 0.325. The van der Waals surface area contributed by atoms with Gasteiger partial charge < -0.3 is 5.32 Å². The van der Waals surface area contributed by atoms with Gasteiger partial charge in [0, 0.05) is 11.6 Å². The lowest BCUT2D eigenvalue weighted by Crippen LogP contribution is -2.47. The van der Waals surface area contributed by atoms with Gasteiger partial charge >= 0.3 is 0 Å². The Hall–Kier alpha value is -0.820. The second-order valence-electron chi connectivity index (χ2n) is 5.47. The number of hydrogen-bond donors (Lipinski definition) is 1. The molecule has 0 aliphatic carbocycles. The van der Waals surface area contributed by atoms with Crippen LogP contribution in [0.3, 0.4) is 0 Å². The first-order valence-corrected chi connectivity index (χ1v) is 5.78. The molecule has 0 saturated carbocycles. The molecule has 82 valence electrons. The average molecular weight is 203 g/mol. The van der Waals surface area contributed by atoms with Gasteiger partial charge in [-0.25, -0.2) is 0 Å². The van der Waals surface area contributed by atoms with Crippen LogP contribution in [0.25, 0.3) is 0 Å². The third-order valence-corrected chi connectivity index (χ3v) is 3.53. The van der Waals surface area contributed by atoms with Crippen molar-refractivity contribution in [2.45, 2.75) is 52.6 Å². The maximum Gasteiger partial charge on any atom is 0.0382 e. The zero-order valence-electron chi connectivity index (χ0n) is 10.4. The van der Waals surface area contributed by atoms with E-state index in [0.717, 1.165) is 6.42 Å². The zero-order chi connectivity index (χ0) is 11.2. The number of aryl methyl sites for hydroxylation is 2. The van der Waals surface area contributed by atoms with Gasteiger partial charge in [-0.05, 0) is 63.3 Å². The van der Waals surface area contributed by atoms with Crippen molar-refractivity contribution < 1.29 is 0 Å². The molecule has 1 aliphatic rings. The highest BCUT2D eigenvalue weighted by molar-refractivity contribution is 5.42. The molecule has 1 nitrogen and oxygen atoms in total. The Morgan fingerprint density at radius 3 is 2.47 bits per heavy atom. The largest absolute Gasteiger partial charge is 0.305 e. The highest BCUT2D eigenvalue weighted by atomic mass is 15.0. The molecule has 1 aliphatic heterocycles. The van der Waals surface area contributed by atoms with E-state index in [0.29, 0.717) is 6.04 Å². The van der Waals surface area contributed by atoms with Crippen LogP contribution in [-0.2, 0) is 12.0 Å². The molecule has 0 fully saturated rings. The van der Waals surface area contributed by atoms with Gasteiger partial charge in [0.15, 0.2) is 0 Å². The first-order valence-electron chi connectivity index (χ1n) is 5.78. The van der Waals surface area contributed by atoms with Gasteiger partial charge in [-0.3, -0.25) is 0 Å². The van der Waals surface area contributed by atoms with Crippen LogP contribution in [0, 0.1) is 13.8 Å². The Bertz CT molecular complexity index is 391. The van der Waals surface area contributed by atoms with Gasteiger partial charge in [0.2, 0.25) is 0 Å². The number of benzene rings is 1. The summed E-state index contributed by atoms with van der Waals surface area (Å²) in [6.07, 6.45) is 1.15. The predicted octanol–water partition coefficient (Wildman–Crippen LogP) is 3.07. The summed E-state index contributed by atoms with van der Waals surface area (Å²) in [6.45, 7) is 11.2. The smallest absolute Gasteiger partial charge is 0.0382 e. The molecule has 0 saturated heterocycles. The van der Waals surface area contributed by atoms with Gasteiger partial charge in [0.1, 0.15) is 0 Å². The second-order valence-corrected chi connectivity index (χ2v) is 5.47. The highest BCUT2D eigenvalue weighted by Gasteiger charge is 2.30. The van der Waals surface area contributed by atoms with Crippen molar-refractivity contribution in [2.75, 3.05) is 0 Å². The highest BCUT2D eigenvalue weighted by Crippen LogP contribution is 2.31. The molecule has 0 radical (unpaired) electrons. The fourth-order valence-electron chi connectivity index (χ4n) is 2.70. The second kappa shape index (κ2) is 3.34. The molecule has 15 heavy (non-hydrogen) atoms. The average Bonchev–Trinajstić information content (AvgIpc) is 2.07. The van der Waals surface area contributed by atoms with Crippen LogP contribution in [0.4, 0.5) is 0 Å². The van der Waals surface area contributed by atoms with Crippen molar-refractivity contribution in [3.63, 3.8) is 0 Å². The molecular formula is C14H21N. The minimum atomic E-state index is 0.117. The lowest BCUT2D eigenvalue weighted by Gasteiger charge is -2.38. The fourth-order valence-corrected chi connectivity index (χ4v) is 2.70. The third-order valence-electron chi connectivity index (χ3n) is 3.53. The Morgan fingerprint density at radius 2 is 1.80 bits per heavy atom. The molecule has 0 spiro atoms. The quantitative estimate of drug-likeness (QED) is 0.683. The van der Waals surface area contributed by atoms with E-state index in [-0.39, 0.29) is 5.54 Å². The van der Waals surface area contributed by atoms with E-state index < -0.39 is 0 Å². The molecule has 1 atom stereocenters. The Labute approximate surface area is 92.9 Å². The summed E-state index contributed by atoms with van der Waals surface area (Å²) in [7, 11) is 0. The molecule has 0 aromatic heterocycles. The van der Waals surface area contributed by atoms with E-state index >= 15 is 0 Å².